The van der Waals surface area contributed by atoms with Gasteiger partial charge in [-0.1, -0.05) is 29.8 Å². The molecule has 0 saturated heterocycles. The van der Waals surface area contributed by atoms with E-state index in [1.807, 2.05) is 0 Å². The average Bonchev–Trinajstić information content (AvgIpc) is 1.36. The van der Waals surface area contributed by atoms with Gasteiger partial charge in [0.2, 0.25) is 0 Å². The number of hydrogen-bond donors (Lipinski definition) is 0. The van der Waals surface area contributed by atoms with Gasteiger partial charge in [0.15, 0.2) is 0 Å². The molecule has 0 aromatic rings. The second-order valence-corrected chi connectivity index (χ2v) is 2.77. The molecule has 4 heteroatoms. The molecule has 0 bridgehead atoms. The molecule has 0 rings (SSSR count). The van der Waals surface area contributed by atoms with Gasteiger partial charge >= 0.3 is 51.4 Å². The van der Waals surface area contributed by atoms with Crippen LogP contribution in [0, 0.1) is 0 Å². The van der Waals surface area contributed by atoms with Crippen LogP contribution in [0.15, 0.2) is 0 Å². The maximum atomic E-state index is 9.70. The smallest absolute Gasteiger partial charge is 0.424 e. The molecular weight excluding hydrogens is 139 g/mol. The van der Waals surface area contributed by atoms with E-state index in [0.717, 1.165) is 0 Å². The molecule has 0 fully saturated rings. The molecule has 0 N–H and O–H groups in total. The molecule has 0 spiro atoms. The van der Waals surface area contributed by atoms with Crippen LogP contribution in [0.25, 0.3) is 0 Å². The minimum atomic E-state index is -1.87. The number of hydrogen-bond acceptors (Lipinski definition) is 3. The van der Waals surface area contributed by atoms with Gasteiger partial charge in [-0.2, -0.15) is 0 Å². The van der Waals surface area contributed by atoms with Gasteiger partial charge < -0.3 is 8.42 Å². The van der Waals surface area contributed by atoms with Crippen LogP contribution in [-0.2, 0) is 19.1 Å². The first-order valence-corrected chi connectivity index (χ1v) is 2.86. The molecule has 0 aromatic heterocycles. The van der Waals surface area contributed by atoms with Crippen molar-refractivity contribution in [1.82, 2.24) is 0 Å². The zero-order valence-electron chi connectivity index (χ0n) is 4.80. The molecule has 38 valence electrons. The van der Waals surface area contributed by atoms with Crippen molar-refractivity contribution in [2.45, 2.75) is 19.1 Å². The van der Waals surface area contributed by atoms with Crippen LogP contribution in [0.4, 0.5) is 0 Å². The van der Waals surface area contributed by atoms with Crippen LogP contribution in [-0.4, -0.2) is 5.25 Å². The maximum absolute atomic E-state index is 9.70. The first kappa shape index (κ1) is 11.4. The van der Waals surface area contributed by atoms with Gasteiger partial charge in [-0.3, -0.25) is 0 Å². The summed E-state index contributed by atoms with van der Waals surface area (Å²) in [6.45, 7) is 3.26. The first-order chi connectivity index (χ1) is 2.64. The van der Waals surface area contributed by atoms with Crippen LogP contribution < -0.4 is 51.4 Å². The Balaban J connectivity index is 0. The minimum absolute atomic E-state index is 0. The van der Waals surface area contributed by atoms with Crippen LogP contribution >= 0.6 is 0 Å². The third-order valence-electron chi connectivity index (χ3n) is 0.385. The molecule has 0 aliphatic carbocycles. The zero-order chi connectivity index (χ0) is 5.15. The molecule has 0 aliphatic rings. The van der Waals surface area contributed by atoms with Crippen molar-refractivity contribution in [2.75, 3.05) is 0 Å². The predicted octanol–water partition coefficient (Wildman–Crippen LogP) is -2.29. The summed E-state index contributed by atoms with van der Waals surface area (Å²) in [7, 11) is -1.87. The summed E-state index contributed by atoms with van der Waals surface area (Å²) in [5.74, 6) is 0. The van der Waals surface area contributed by atoms with E-state index in [1.165, 1.54) is 0 Å². The topological polar surface area (TPSA) is 34.1 Å². The fourth-order valence-corrected chi connectivity index (χ4v) is 0. The molecule has 0 amide bonds. The second kappa shape index (κ2) is 5.72. The van der Waals surface area contributed by atoms with Crippen molar-refractivity contribution in [1.29, 1.82) is 0 Å². The molecule has 0 atom stereocenters. The van der Waals surface area contributed by atoms with E-state index in [9.17, 15) is 8.42 Å². The largest absolute Gasteiger partial charge is 1.00 e. The van der Waals surface area contributed by atoms with Gasteiger partial charge in [-0.25, -0.2) is 0 Å². The van der Waals surface area contributed by atoms with E-state index in [4.69, 9.17) is 0 Å². The summed E-state index contributed by atoms with van der Waals surface area (Å²) in [5, 5.41) is -0.231. The van der Waals surface area contributed by atoms with Crippen LogP contribution in [0.5, 0.6) is 0 Å². The van der Waals surface area contributed by atoms with Crippen LogP contribution in [0.1, 0.15) is 13.8 Å². The molecule has 0 heterocycles. The normalized spacial score (nSPS) is 9.14. The molecule has 0 unspecified atom stereocenters. The molecular formula is C3H7KO2S. The maximum Gasteiger partial charge on any atom is 1.00 e. The van der Waals surface area contributed by atoms with Gasteiger partial charge in [-0.15, -0.1) is 0 Å². The Bertz CT molecular complexity index is 89.1. The van der Waals surface area contributed by atoms with Gasteiger partial charge in [0.1, 0.15) is 0 Å². The van der Waals surface area contributed by atoms with Crippen LogP contribution in [0.2, 0.25) is 0 Å². The average molecular weight is 146 g/mol. The van der Waals surface area contributed by atoms with Gasteiger partial charge in [0, 0.05) is 0 Å². The summed E-state index contributed by atoms with van der Waals surface area (Å²) in [6.07, 6.45) is 0. The molecule has 0 radical (unpaired) electrons. The summed E-state index contributed by atoms with van der Waals surface area (Å²) >= 11 is 0. The van der Waals surface area contributed by atoms with Crippen molar-refractivity contribution >= 4 is 10.7 Å². The van der Waals surface area contributed by atoms with Gasteiger partial charge in [-0.05, 0) is 0 Å². The van der Waals surface area contributed by atoms with Crippen molar-refractivity contribution < 1.29 is 59.8 Å². The van der Waals surface area contributed by atoms with E-state index in [-0.39, 0.29) is 56.6 Å². The quantitative estimate of drug-likeness (QED) is 0.308. The zero-order valence-corrected chi connectivity index (χ0v) is 8.74. The van der Waals surface area contributed by atoms with Crippen molar-refractivity contribution in [3.05, 3.63) is 0 Å². The third-order valence-corrected chi connectivity index (χ3v) is 1.15. The Morgan fingerprint density at radius 1 is 1.29 bits per heavy atom. The molecule has 0 saturated carbocycles. The van der Waals surface area contributed by atoms with Gasteiger partial charge in [0.05, 0.1) is 0 Å². The molecule has 0 aliphatic heterocycles. The van der Waals surface area contributed by atoms with E-state index in [2.05, 4.69) is 0 Å². The van der Waals surface area contributed by atoms with Crippen molar-refractivity contribution in [3.63, 3.8) is 0 Å². The Hall–Kier alpha value is 1.59. The monoisotopic (exact) mass is 146 g/mol. The van der Waals surface area contributed by atoms with Gasteiger partial charge in [0.25, 0.3) is 0 Å². The standard InChI is InChI=1S/C3H7O2S.K/c1-3(2)6(4)5;/h3H,1-2H3;/q-1;+1. The summed E-state index contributed by atoms with van der Waals surface area (Å²) < 4.78 is 19.4. The van der Waals surface area contributed by atoms with Crippen LogP contribution in [0.3, 0.4) is 0 Å². The SMILES string of the molecule is CC(C)[S-](=O)=O.[K+]. The Labute approximate surface area is 88.0 Å². The Morgan fingerprint density at radius 3 is 1.43 bits per heavy atom. The summed E-state index contributed by atoms with van der Waals surface area (Å²) in [4.78, 5) is 0. The second-order valence-electron chi connectivity index (χ2n) is 1.31. The fraction of sp³-hybridized carbons (Fsp3) is 1.00. The molecule has 7 heavy (non-hydrogen) atoms. The Kier molecular flexibility index (Phi) is 9.31. The van der Waals surface area contributed by atoms with E-state index < -0.39 is 10.7 Å². The summed E-state index contributed by atoms with van der Waals surface area (Å²) in [6, 6.07) is 0. The fourth-order valence-electron chi connectivity index (χ4n) is 0. The van der Waals surface area contributed by atoms with Crippen molar-refractivity contribution in [3.8, 4) is 0 Å². The van der Waals surface area contributed by atoms with E-state index >= 15 is 0 Å². The predicted molar refractivity (Wildman–Crippen MR) is 23.9 cm³/mol. The van der Waals surface area contributed by atoms with E-state index in [0.29, 0.717) is 0 Å². The van der Waals surface area contributed by atoms with E-state index in [1.54, 1.807) is 13.8 Å². The Morgan fingerprint density at radius 2 is 1.43 bits per heavy atom. The molecule has 2 nitrogen and oxygen atoms in total. The molecule has 0 aromatic carbocycles. The number of rotatable bonds is 1. The minimum Gasteiger partial charge on any atom is -0.424 e. The first-order valence-electron chi connectivity index (χ1n) is 1.72. The summed E-state index contributed by atoms with van der Waals surface area (Å²) in [5.41, 5.74) is 0. The third kappa shape index (κ3) is 7.59. The van der Waals surface area contributed by atoms with Crippen molar-refractivity contribution in [2.24, 2.45) is 0 Å².